The number of nitrogens with zero attached hydrogens (tertiary/aromatic N) is 2. The highest BCUT2D eigenvalue weighted by Gasteiger charge is 2.34. The van der Waals surface area contributed by atoms with Crippen molar-refractivity contribution in [3.63, 3.8) is 0 Å². The van der Waals surface area contributed by atoms with Gasteiger partial charge in [-0.3, -0.25) is 0 Å². The van der Waals surface area contributed by atoms with Crippen molar-refractivity contribution in [2.45, 2.75) is 44.9 Å². The minimum Gasteiger partial charge on any atom is -0.444 e. The number of hydrogen-bond donors (Lipinski definition) is 1. The van der Waals surface area contributed by atoms with Gasteiger partial charge in [-0.1, -0.05) is 23.2 Å². The lowest BCUT2D eigenvalue weighted by atomic mass is 10.0. The number of carbonyl (C=O) groups excluding carboxylic acids is 1. The van der Waals surface area contributed by atoms with Gasteiger partial charge in [-0.15, -0.1) is 0 Å². The van der Waals surface area contributed by atoms with Crippen molar-refractivity contribution in [2.75, 3.05) is 13.1 Å². The number of likely N-dealkylation sites (tertiary alicyclic amines) is 1. The first-order valence-electron chi connectivity index (χ1n) is 9.69. The maximum Gasteiger partial charge on any atom is 0.410 e. The number of aliphatic hydroxyl groups is 1. The molecule has 0 bridgehead atoms. The van der Waals surface area contributed by atoms with Crippen LogP contribution in [-0.4, -0.2) is 45.5 Å². The Bertz CT molecular complexity index is 1030. The molecule has 0 aliphatic carbocycles. The van der Waals surface area contributed by atoms with E-state index in [1.54, 1.807) is 4.90 Å². The number of benzene rings is 2. The third-order valence-corrected chi connectivity index (χ3v) is 5.73. The van der Waals surface area contributed by atoms with E-state index in [1.165, 1.54) is 0 Å². The summed E-state index contributed by atoms with van der Waals surface area (Å²) in [5, 5.41) is 14.3. The lowest BCUT2D eigenvalue weighted by Gasteiger charge is -2.37. The zero-order valence-corrected chi connectivity index (χ0v) is 18.2. The number of fused-ring (bicyclic) bond motifs is 3. The van der Waals surface area contributed by atoms with Crippen LogP contribution < -0.4 is 0 Å². The molecule has 4 rings (SSSR count). The fraction of sp³-hybridized carbons (Fsp3) is 0.409. The Morgan fingerprint density at radius 3 is 2.10 bits per heavy atom. The molecule has 1 saturated heterocycles. The van der Waals surface area contributed by atoms with E-state index in [9.17, 15) is 9.90 Å². The predicted molar refractivity (Wildman–Crippen MR) is 117 cm³/mol. The molecule has 1 N–H and O–H groups in total. The molecule has 2 atom stereocenters. The average Bonchev–Trinajstić information content (AvgIpc) is 2.93. The van der Waals surface area contributed by atoms with E-state index in [4.69, 9.17) is 27.9 Å². The number of carbonyl (C=O) groups is 1. The molecule has 0 spiro atoms. The molecule has 0 radical (unpaired) electrons. The van der Waals surface area contributed by atoms with Gasteiger partial charge in [-0.2, -0.15) is 0 Å². The Balaban J connectivity index is 1.71. The molecule has 29 heavy (non-hydrogen) atoms. The van der Waals surface area contributed by atoms with Gasteiger partial charge in [0.15, 0.2) is 0 Å². The van der Waals surface area contributed by atoms with Crippen LogP contribution in [0.25, 0.3) is 21.8 Å². The van der Waals surface area contributed by atoms with Crippen molar-refractivity contribution < 1.29 is 14.6 Å². The summed E-state index contributed by atoms with van der Waals surface area (Å²) in [6.07, 6.45) is -0.498. The van der Waals surface area contributed by atoms with Gasteiger partial charge >= 0.3 is 6.09 Å². The molecule has 1 aromatic heterocycles. The third kappa shape index (κ3) is 3.91. The van der Waals surface area contributed by atoms with Gasteiger partial charge in [-0.25, -0.2) is 4.79 Å². The van der Waals surface area contributed by atoms with Crippen molar-refractivity contribution >= 4 is 51.1 Å². The molecule has 1 aliphatic heterocycles. The molecule has 1 fully saturated rings. The monoisotopic (exact) mass is 434 g/mol. The molecule has 1 amide bonds. The summed E-state index contributed by atoms with van der Waals surface area (Å²) < 4.78 is 7.61. The maximum atomic E-state index is 12.4. The molecular weight excluding hydrogens is 411 g/mol. The van der Waals surface area contributed by atoms with E-state index in [2.05, 4.69) is 4.57 Å². The smallest absolute Gasteiger partial charge is 0.410 e. The second kappa shape index (κ2) is 7.38. The summed E-state index contributed by atoms with van der Waals surface area (Å²) in [5.41, 5.74) is 1.41. The second-order valence-electron chi connectivity index (χ2n) is 8.54. The first-order chi connectivity index (χ1) is 13.6. The van der Waals surface area contributed by atoms with Crippen LogP contribution in [0.2, 0.25) is 10.0 Å². The number of aromatic nitrogens is 1. The number of piperidine rings is 1. The molecule has 1 aliphatic rings. The van der Waals surface area contributed by atoms with Crippen LogP contribution in [0.1, 0.15) is 33.2 Å². The first kappa shape index (κ1) is 20.3. The third-order valence-electron chi connectivity index (χ3n) is 5.26. The largest absolute Gasteiger partial charge is 0.444 e. The quantitative estimate of drug-likeness (QED) is 0.538. The van der Waals surface area contributed by atoms with Gasteiger partial charge in [0.2, 0.25) is 0 Å². The number of aliphatic hydroxyl groups excluding tert-OH is 1. The minimum atomic E-state index is -0.721. The number of rotatable bonds is 1. The van der Waals surface area contributed by atoms with Crippen LogP contribution in [0.3, 0.4) is 0 Å². The summed E-state index contributed by atoms with van der Waals surface area (Å²) in [7, 11) is 0. The van der Waals surface area contributed by atoms with Gasteiger partial charge in [-0.05, 0) is 63.6 Å². The summed E-state index contributed by atoms with van der Waals surface area (Å²) >= 11 is 12.5. The van der Waals surface area contributed by atoms with E-state index in [-0.39, 0.29) is 12.6 Å². The molecule has 2 aromatic carbocycles. The van der Waals surface area contributed by atoms with E-state index in [1.807, 2.05) is 57.2 Å². The van der Waals surface area contributed by atoms with Crippen LogP contribution in [0.15, 0.2) is 36.4 Å². The van der Waals surface area contributed by atoms with Crippen LogP contribution >= 0.6 is 23.2 Å². The number of amides is 1. The van der Waals surface area contributed by atoms with Crippen molar-refractivity contribution in [1.82, 2.24) is 9.47 Å². The molecule has 1 unspecified atom stereocenters. The first-order valence-corrected chi connectivity index (χ1v) is 10.4. The molecule has 7 heteroatoms. The number of ether oxygens (including phenoxy) is 1. The van der Waals surface area contributed by atoms with E-state index >= 15 is 0 Å². The number of hydrogen-bond acceptors (Lipinski definition) is 3. The van der Waals surface area contributed by atoms with Crippen LogP contribution in [0, 0.1) is 0 Å². The molecule has 0 saturated carbocycles. The van der Waals surface area contributed by atoms with Crippen LogP contribution in [0.4, 0.5) is 4.79 Å². The average molecular weight is 435 g/mol. The fourth-order valence-corrected chi connectivity index (χ4v) is 4.41. The van der Waals surface area contributed by atoms with Crippen molar-refractivity contribution in [2.24, 2.45) is 0 Å². The summed E-state index contributed by atoms with van der Waals surface area (Å²) in [6, 6.07) is 11.3. The zero-order chi connectivity index (χ0) is 20.9. The van der Waals surface area contributed by atoms with Crippen molar-refractivity contribution in [3.05, 3.63) is 46.4 Å². The van der Waals surface area contributed by atoms with Gasteiger partial charge in [0.05, 0.1) is 18.7 Å². The predicted octanol–water partition coefficient (Wildman–Crippen LogP) is 5.64. The second-order valence-corrected chi connectivity index (χ2v) is 9.42. The Morgan fingerprint density at radius 2 is 1.62 bits per heavy atom. The Kier molecular flexibility index (Phi) is 5.18. The summed E-state index contributed by atoms with van der Waals surface area (Å²) in [6.45, 7) is 6.24. The number of β-amino-alcohol motifs (C(OH)–C–C–N with tert-alkyl or cyclic N) is 1. The summed E-state index contributed by atoms with van der Waals surface area (Å²) in [4.78, 5) is 14.0. The SMILES string of the molecule is CC(C)(C)OC(=O)N1CC[C@@H](n2c3ccc(Cl)cc3c3cc(Cl)ccc32)C(O)C1. The Labute approximate surface area is 179 Å². The van der Waals surface area contributed by atoms with Crippen LogP contribution in [-0.2, 0) is 4.74 Å². The molecule has 2 heterocycles. The standard InChI is InChI=1S/C22H24Cl2N2O3/c1-22(2,3)29-21(28)25-9-8-19(20(27)12-25)26-17-6-4-13(23)10-15(17)16-11-14(24)5-7-18(16)26/h4-7,10-11,19-20,27H,8-9,12H2,1-3H3/t19-,20?/m1/s1. The molecular formula is C22H24Cl2N2O3. The molecule has 5 nitrogen and oxygen atoms in total. The fourth-order valence-electron chi connectivity index (χ4n) is 4.07. The lowest BCUT2D eigenvalue weighted by molar-refractivity contribution is -0.00880. The topological polar surface area (TPSA) is 54.7 Å². The highest BCUT2D eigenvalue weighted by atomic mass is 35.5. The normalized spacial score (nSPS) is 20.4. The van der Waals surface area contributed by atoms with E-state index in [0.29, 0.717) is 23.0 Å². The summed E-state index contributed by atoms with van der Waals surface area (Å²) in [5.74, 6) is 0. The lowest BCUT2D eigenvalue weighted by Crippen LogP contribution is -2.48. The van der Waals surface area contributed by atoms with Gasteiger partial charge in [0.1, 0.15) is 5.60 Å². The maximum absolute atomic E-state index is 12.4. The van der Waals surface area contributed by atoms with E-state index in [0.717, 1.165) is 21.8 Å². The highest BCUT2D eigenvalue weighted by molar-refractivity contribution is 6.33. The highest BCUT2D eigenvalue weighted by Crippen LogP contribution is 2.38. The Morgan fingerprint density at radius 1 is 1.07 bits per heavy atom. The number of halogens is 2. The molecule has 3 aromatic rings. The van der Waals surface area contributed by atoms with Crippen molar-refractivity contribution in [3.8, 4) is 0 Å². The van der Waals surface area contributed by atoms with Gasteiger partial charge < -0.3 is 19.3 Å². The molecule has 154 valence electrons. The van der Waals surface area contributed by atoms with Gasteiger partial charge in [0.25, 0.3) is 0 Å². The van der Waals surface area contributed by atoms with Gasteiger partial charge in [0, 0.05) is 38.4 Å². The Hall–Kier alpha value is -1.95. The van der Waals surface area contributed by atoms with E-state index < -0.39 is 17.8 Å². The van der Waals surface area contributed by atoms with Crippen molar-refractivity contribution in [1.29, 1.82) is 0 Å². The van der Waals surface area contributed by atoms with Crippen LogP contribution in [0.5, 0.6) is 0 Å². The zero-order valence-electron chi connectivity index (χ0n) is 16.7. The minimum absolute atomic E-state index is 0.170.